The second-order valence-electron chi connectivity index (χ2n) is 7.26. The SMILES string of the molecule is COc1ccc2c(c1)c(C(=O)c1ccn(-c3ccnnc3)n1)cn2Cc1ccc(Cl)cc1. The number of hydrogen-bond donors (Lipinski definition) is 0. The molecule has 0 bridgehead atoms. The van der Waals surface area contributed by atoms with Crippen molar-refractivity contribution in [3.63, 3.8) is 0 Å². The lowest BCUT2D eigenvalue weighted by atomic mass is 10.1. The van der Waals surface area contributed by atoms with Crippen LogP contribution in [0, 0.1) is 0 Å². The van der Waals surface area contributed by atoms with Crippen LogP contribution < -0.4 is 4.74 Å². The van der Waals surface area contributed by atoms with E-state index < -0.39 is 0 Å². The molecule has 0 atom stereocenters. The zero-order chi connectivity index (χ0) is 22.1. The van der Waals surface area contributed by atoms with Crippen LogP contribution in [0.4, 0.5) is 0 Å². The number of ether oxygens (including phenoxy) is 1. The number of ketones is 1. The molecule has 7 nitrogen and oxygen atoms in total. The highest BCUT2D eigenvalue weighted by atomic mass is 35.5. The molecule has 0 aliphatic heterocycles. The van der Waals surface area contributed by atoms with Gasteiger partial charge in [0.15, 0.2) is 0 Å². The van der Waals surface area contributed by atoms with Crippen LogP contribution in [0.5, 0.6) is 5.75 Å². The number of fused-ring (bicyclic) bond motifs is 1. The summed E-state index contributed by atoms with van der Waals surface area (Å²) in [6, 6.07) is 16.9. The van der Waals surface area contributed by atoms with E-state index in [-0.39, 0.29) is 5.78 Å². The van der Waals surface area contributed by atoms with Gasteiger partial charge in [-0.3, -0.25) is 4.79 Å². The number of rotatable bonds is 6. The number of carbonyl (C=O) groups is 1. The summed E-state index contributed by atoms with van der Waals surface area (Å²) in [5.74, 6) is 0.517. The third-order valence-corrected chi connectivity index (χ3v) is 5.51. The third kappa shape index (κ3) is 3.74. The Kier molecular flexibility index (Phi) is 5.17. The molecule has 0 saturated heterocycles. The van der Waals surface area contributed by atoms with E-state index in [1.807, 2.05) is 48.7 Å². The fourth-order valence-corrected chi connectivity index (χ4v) is 3.77. The Balaban J connectivity index is 1.56. The predicted molar refractivity (Wildman–Crippen MR) is 122 cm³/mol. The lowest BCUT2D eigenvalue weighted by Crippen LogP contribution is -2.04. The first-order chi connectivity index (χ1) is 15.6. The summed E-state index contributed by atoms with van der Waals surface area (Å²) in [5.41, 5.74) is 3.64. The van der Waals surface area contributed by atoms with Crippen molar-refractivity contribution in [2.75, 3.05) is 7.11 Å². The molecule has 0 radical (unpaired) electrons. The van der Waals surface area contributed by atoms with Gasteiger partial charge in [0.2, 0.25) is 5.78 Å². The molecule has 3 aromatic heterocycles. The standard InChI is InChI=1S/C24H18ClN5O2/c1-32-19-6-7-23-20(12-19)21(15-29(23)14-16-2-4-17(25)5-3-16)24(31)22-9-11-30(28-22)18-8-10-26-27-13-18/h2-13,15H,14H2,1H3. The second kappa shape index (κ2) is 8.28. The Labute approximate surface area is 188 Å². The maximum absolute atomic E-state index is 13.4. The van der Waals surface area contributed by atoms with Crippen LogP contribution in [0.25, 0.3) is 16.6 Å². The molecule has 158 valence electrons. The van der Waals surface area contributed by atoms with Crippen LogP contribution in [0.1, 0.15) is 21.6 Å². The Morgan fingerprint density at radius 3 is 2.66 bits per heavy atom. The average molecular weight is 444 g/mol. The molecule has 3 heterocycles. The Hall–Kier alpha value is -3.97. The van der Waals surface area contributed by atoms with E-state index in [9.17, 15) is 4.79 Å². The molecule has 5 rings (SSSR count). The number of nitrogens with zero attached hydrogens (tertiary/aromatic N) is 5. The Morgan fingerprint density at radius 1 is 1.06 bits per heavy atom. The molecule has 0 aliphatic rings. The largest absolute Gasteiger partial charge is 0.497 e. The number of hydrogen-bond acceptors (Lipinski definition) is 5. The van der Waals surface area contributed by atoms with Crippen LogP contribution in [-0.4, -0.2) is 37.4 Å². The third-order valence-electron chi connectivity index (χ3n) is 5.25. The van der Waals surface area contributed by atoms with Crippen molar-refractivity contribution < 1.29 is 9.53 Å². The van der Waals surface area contributed by atoms with Crippen molar-refractivity contribution in [3.8, 4) is 11.4 Å². The number of carbonyl (C=O) groups excluding carboxylic acids is 1. The van der Waals surface area contributed by atoms with Crippen molar-refractivity contribution in [1.82, 2.24) is 24.5 Å². The summed E-state index contributed by atoms with van der Waals surface area (Å²) < 4.78 is 9.05. The first kappa shape index (κ1) is 20.0. The van der Waals surface area contributed by atoms with Gasteiger partial charge in [-0.1, -0.05) is 23.7 Å². The van der Waals surface area contributed by atoms with Crippen molar-refractivity contribution in [2.24, 2.45) is 0 Å². The maximum Gasteiger partial charge on any atom is 0.215 e. The minimum Gasteiger partial charge on any atom is -0.497 e. The summed E-state index contributed by atoms with van der Waals surface area (Å²) in [4.78, 5) is 13.4. The van der Waals surface area contributed by atoms with E-state index in [1.54, 1.807) is 42.5 Å². The van der Waals surface area contributed by atoms with Crippen LogP contribution in [0.3, 0.4) is 0 Å². The van der Waals surface area contributed by atoms with Crippen LogP contribution in [0.2, 0.25) is 5.02 Å². The monoisotopic (exact) mass is 443 g/mol. The fourth-order valence-electron chi connectivity index (χ4n) is 3.65. The van der Waals surface area contributed by atoms with E-state index in [1.165, 1.54) is 0 Å². The molecular formula is C24H18ClN5O2. The number of aromatic nitrogens is 5. The molecule has 0 fully saturated rings. The lowest BCUT2D eigenvalue weighted by molar-refractivity contribution is 0.103. The van der Waals surface area contributed by atoms with Crippen molar-refractivity contribution in [1.29, 1.82) is 0 Å². The van der Waals surface area contributed by atoms with Crippen LogP contribution in [0.15, 0.2) is 79.4 Å². The van der Waals surface area contributed by atoms with Gasteiger partial charge in [-0.2, -0.15) is 15.3 Å². The van der Waals surface area contributed by atoms with Crippen LogP contribution >= 0.6 is 11.6 Å². The minimum atomic E-state index is -0.168. The van der Waals surface area contributed by atoms with Crippen molar-refractivity contribution in [3.05, 3.63) is 101 Å². The lowest BCUT2D eigenvalue weighted by Gasteiger charge is -2.06. The highest BCUT2D eigenvalue weighted by Gasteiger charge is 2.20. The molecule has 0 amide bonds. The first-order valence-electron chi connectivity index (χ1n) is 9.91. The quantitative estimate of drug-likeness (QED) is 0.360. The summed E-state index contributed by atoms with van der Waals surface area (Å²) in [6.45, 7) is 0.602. The van der Waals surface area contributed by atoms with Crippen molar-refractivity contribution >= 4 is 28.3 Å². The molecule has 0 spiro atoms. The molecular weight excluding hydrogens is 426 g/mol. The summed E-state index contributed by atoms with van der Waals surface area (Å²) in [5, 5.41) is 13.6. The van der Waals surface area contributed by atoms with Gasteiger partial charge in [-0.15, -0.1) is 0 Å². The summed E-state index contributed by atoms with van der Waals surface area (Å²) in [7, 11) is 1.61. The maximum atomic E-state index is 13.4. The summed E-state index contributed by atoms with van der Waals surface area (Å²) in [6.07, 6.45) is 6.77. The van der Waals surface area contributed by atoms with Crippen LogP contribution in [-0.2, 0) is 6.54 Å². The molecule has 2 aromatic carbocycles. The van der Waals surface area contributed by atoms with Crippen molar-refractivity contribution in [2.45, 2.75) is 6.54 Å². The normalized spacial score (nSPS) is 11.1. The topological polar surface area (TPSA) is 74.8 Å². The van der Waals surface area contributed by atoms with Gasteiger partial charge in [0.25, 0.3) is 0 Å². The van der Waals surface area contributed by atoms with Gasteiger partial charge < -0.3 is 9.30 Å². The van der Waals surface area contributed by atoms with E-state index in [0.717, 1.165) is 22.2 Å². The number of benzene rings is 2. The smallest absolute Gasteiger partial charge is 0.215 e. The average Bonchev–Trinajstić information content (AvgIpc) is 3.46. The zero-order valence-corrected chi connectivity index (χ0v) is 17.9. The molecule has 5 aromatic rings. The summed E-state index contributed by atoms with van der Waals surface area (Å²) >= 11 is 6.02. The minimum absolute atomic E-state index is 0.168. The molecule has 0 aliphatic carbocycles. The fraction of sp³-hybridized carbons (Fsp3) is 0.0833. The van der Waals surface area contributed by atoms with Gasteiger partial charge in [0.1, 0.15) is 11.4 Å². The Morgan fingerprint density at radius 2 is 1.91 bits per heavy atom. The van der Waals surface area contributed by atoms with Gasteiger partial charge >= 0.3 is 0 Å². The Bertz CT molecular complexity index is 1410. The predicted octanol–water partition coefficient (Wildman–Crippen LogP) is 4.56. The van der Waals surface area contributed by atoms with Gasteiger partial charge in [0.05, 0.1) is 25.2 Å². The molecule has 0 N–H and O–H groups in total. The van der Waals surface area contributed by atoms with E-state index in [0.29, 0.717) is 28.6 Å². The first-order valence-corrected chi connectivity index (χ1v) is 10.3. The zero-order valence-electron chi connectivity index (χ0n) is 17.1. The van der Waals surface area contributed by atoms with E-state index in [2.05, 4.69) is 19.9 Å². The van der Waals surface area contributed by atoms with E-state index in [4.69, 9.17) is 16.3 Å². The molecule has 0 unspecified atom stereocenters. The highest BCUT2D eigenvalue weighted by Crippen LogP contribution is 2.28. The van der Waals surface area contributed by atoms with Gasteiger partial charge in [0, 0.05) is 40.4 Å². The van der Waals surface area contributed by atoms with Gasteiger partial charge in [-0.05, 0) is 48.0 Å². The molecule has 0 saturated carbocycles. The van der Waals surface area contributed by atoms with Gasteiger partial charge in [-0.25, -0.2) is 4.68 Å². The number of halogens is 1. The second-order valence-corrected chi connectivity index (χ2v) is 7.69. The number of methoxy groups -OCH3 is 1. The highest BCUT2D eigenvalue weighted by molar-refractivity contribution is 6.30. The molecule has 32 heavy (non-hydrogen) atoms. The molecule has 8 heteroatoms. The van der Waals surface area contributed by atoms with E-state index >= 15 is 0 Å².